The van der Waals surface area contributed by atoms with Gasteiger partial charge in [0.05, 0.1) is 18.4 Å². The van der Waals surface area contributed by atoms with Crippen LogP contribution in [0.3, 0.4) is 0 Å². The van der Waals surface area contributed by atoms with E-state index in [4.69, 9.17) is 8.92 Å². The molecule has 0 aromatic heterocycles. The number of alkyl halides is 1. The zero-order chi connectivity index (χ0) is 14.8. The fourth-order valence-corrected chi connectivity index (χ4v) is 2.53. The summed E-state index contributed by atoms with van der Waals surface area (Å²) in [5.41, 5.74) is -0.669. The minimum atomic E-state index is -3.62. The lowest BCUT2D eigenvalue weighted by Crippen LogP contribution is -2.41. The van der Waals surface area contributed by atoms with Crippen molar-refractivity contribution >= 4 is 16.2 Å². The summed E-state index contributed by atoms with van der Waals surface area (Å²) >= 11 is 0. The van der Waals surface area contributed by atoms with Crippen molar-refractivity contribution < 1.29 is 26.5 Å². The number of carbonyl (C=O) groups is 1. The summed E-state index contributed by atoms with van der Waals surface area (Å²) in [6, 6.07) is -0.790. The van der Waals surface area contributed by atoms with Gasteiger partial charge in [-0.25, -0.2) is 9.18 Å². The van der Waals surface area contributed by atoms with Crippen molar-refractivity contribution in [2.45, 2.75) is 57.5 Å². The third-order valence-corrected chi connectivity index (χ3v) is 3.08. The maximum atomic E-state index is 13.7. The summed E-state index contributed by atoms with van der Waals surface area (Å²) in [6.45, 7) is 5.09. The molecule has 3 unspecified atom stereocenters. The quantitative estimate of drug-likeness (QED) is 0.795. The summed E-state index contributed by atoms with van der Waals surface area (Å²) in [4.78, 5) is 11.5. The highest BCUT2D eigenvalue weighted by Gasteiger charge is 2.38. The van der Waals surface area contributed by atoms with Gasteiger partial charge in [-0.1, -0.05) is 0 Å². The SMILES string of the molecule is CC(C)(C)OC(=O)NC1CC(OS(C)(=O)=O)CC1F. The molecule has 0 aromatic rings. The zero-order valence-electron chi connectivity index (χ0n) is 11.5. The number of rotatable bonds is 3. The topological polar surface area (TPSA) is 81.7 Å². The molecule has 1 fully saturated rings. The van der Waals surface area contributed by atoms with Crippen LogP contribution in [-0.2, 0) is 19.0 Å². The summed E-state index contributed by atoms with van der Waals surface area (Å²) in [5.74, 6) is 0. The minimum Gasteiger partial charge on any atom is -0.444 e. The number of hydrogen-bond donors (Lipinski definition) is 1. The predicted octanol–water partition coefficient (Wildman–Crippen LogP) is 1.36. The zero-order valence-corrected chi connectivity index (χ0v) is 12.3. The minimum absolute atomic E-state index is 0.0620. The fraction of sp³-hybridized carbons (Fsp3) is 0.909. The van der Waals surface area contributed by atoms with E-state index in [1.165, 1.54) is 0 Å². The van der Waals surface area contributed by atoms with Crippen LogP contribution in [0.1, 0.15) is 33.6 Å². The van der Waals surface area contributed by atoms with Gasteiger partial charge in [-0.05, 0) is 27.2 Å². The van der Waals surface area contributed by atoms with Gasteiger partial charge < -0.3 is 10.1 Å². The standard InChI is InChI=1S/C11H20FNO5S/c1-11(2,3)17-10(14)13-9-6-7(5-8(9)12)18-19(4,15)16/h7-9H,5-6H2,1-4H3,(H,13,14). The third kappa shape index (κ3) is 6.20. The Labute approximate surface area is 112 Å². The van der Waals surface area contributed by atoms with E-state index in [0.29, 0.717) is 0 Å². The molecule has 1 saturated carbocycles. The Hall–Kier alpha value is -0.890. The van der Waals surface area contributed by atoms with Crippen LogP contribution in [0.4, 0.5) is 9.18 Å². The highest BCUT2D eigenvalue weighted by Crippen LogP contribution is 2.26. The van der Waals surface area contributed by atoms with Gasteiger partial charge in [0.15, 0.2) is 0 Å². The Balaban J connectivity index is 2.50. The molecule has 1 aliphatic rings. The van der Waals surface area contributed by atoms with Crippen LogP contribution in [0.25, 0.3) is 0 Å². The van der Waals surface area contributed by atoms with E-state index in [2.05, 4.69) is 5.32 Å². The van der Waals surface area contributed by atoms with Crippen LogP contribution < -0.4 is 5.32 Å². The van der Waals surface area contributed by atoms with E-state index >= 15 is 0 Å². The lowest BCUT2D eigenvalue weighted by Gasteiger charge is -2.22. The molecular weight excluding hydrogens is 277 g/mol. The molecule has 1 amide bonds. The van der Waals surface area contributed by atoms with Crippen LogP contribution >= 0.6 is 0 Å². The second kappa shape index (κ2) is 5.62. The van der Waals surface area contributed by atoms with Crippen molar-refractivity contribution in [3.8, 4) is 0 Å². The van der Waals surface area contributed by atoms with E-state index in [-0.39, 0.29) is 12.8 Å². The van der Waals surface area contributed by atoms with Gasteiger partial charge in [0.1, 0.15) is 11.8 Å². The highest BCUT2D eigenvalue weighted by molar-refractivity contribution is 7.86. The molecular formula is C11H20FNO5S. The smallest absolute Gasteiger partial charge is 0.407 e. The molecule has 0 aromatic carbocycles. The molecule has 1 N–H and O–H groups in total. The Morgan fingerprint density at radius 1 is 1.32 bits per heavy atom. The van der Waals surface area contributed by atoms with Crippen molar-refractivity contribution in [3.05, 3.63) is 0 Å². The molecule has 0 saturated heterocycles. The van der Waals surface area contributed by atoms with E-state index in [9.17, 15) is 17.6 Å². The van der Waals surface area contributed by atoms with Crippen molar-refractivity contribution in [1.29, 1.82) is 0 Å². The van der Waals surface area contributed by atoms with E-state index in [1.54, 1.807) is 20.8 Å². The maximum absolute atomic E-state index is 13.7. The number of alkyl carbamates (subject to hydrolysis) is 1. The van der Waals surface area contributed by atoms with Crippen molar-refractivity contribution in [1.82, 2.24) is 5.32 Å². The monoisotopic (exact) mass is 297 g/mol. The van der Waals surface area contributed by atoms with E-state index in [0.717, 1.165) is 6.26 Å². The van der Waals surface area contributed by atoms with E-state index < -0.39 is 40.1 Å². The van der Waals surface area contributed by atoms with Crippen LogP contribution in [-0.4, -0.2) is 44.7 Å². The van der Waals surface area contributed by atoms with Crippen LogP contribution in [0, 0.1) is 0 Å². The first-order valence-corrected chi connectivity index (χ1v) is 7.80. The molecule has 112 valence electrons. The average Bonchev–Trinajstić information content (AvgIpc) is 2.39. The Bertz CT molecular complexity index is 431. The highest BCUT2D eigenvalue weighted by atomic mass is 32.2. The van der Waals surface area contributed by atoms with Gasteiger partial charge in [-0.2, -0.15) is 8.42 Å². The molecule has 0 bridgehead atoms. The van der Waals surface area contributed by atoms with Crippen molar-refractivity contribution in [2.75, 3.05) is 6.26 Å². The maximum Gasteiger partial charge on any atom is 0.407 e. The van der Waals surface area contributed by atoms with Gasteiger partial charge in [0, 0.05) is 6.42 Å². The van der Waals surface area contributed by atoms with Gasteiger partial charge in [0.2, 0.25) is 0 Å². The summed E-state index contributed by atoms with van der Waals surface area (Å²) < 4.78 is 45.3. The van der Waals surface area contributed by atoms with Gasteiger partial charge in [0.25, 0.3) is 10.1 Å². The molecule has 0 aliphatic heterocycles. The van der Waals surface area contributed by atoms with Gasteiger partial charge >= 0.3 is 6.09 Å². The van der Waals surface area contributed by atoms with Crippen LogP contribution in [0.2, 0.25) is 0 Å². The largest absolute Gasteiger partial charge is 0.444 e. The first-order chi connectivity index (χ1) is 8.46. The Morgan fingerprint density at radius 3 is 2.37 bits per heavy atom. The number of nitrogens with one attached hydrogen (secondary N) is 1. The number of amides is 1. The lowest BCUT2D eigenvalue weighted by molar-refractivity contribution is 0.0483. The fourth-order valence-electron chi connectivity index (χ4n) is 1.88. The second-order valence-corrected chi connectivity index (χ2v) is 7.26. The van der Waals surface area contributed by atoms with Gasteiger partial charge in [-0.3, -0.25) is 4.18 Å². The summed E-state index contributed by atoms with van der Waals surface area (Å²) in [5, 5.41) is 2.39. The first-order valence-electron chi connectivity index (χ1n) is 5.98. The molecule has 0 heterocycles. The van der Waals surface area contributed by atoms with Crippen molar-refractivity contribution in [2.24, 2.45) is 0 Å². The number of carbonyl (C=O) groups excluding carboxylic acids is 1. The van der Waals surface area contributed by atoms with Crippen molar-refractivity contribution in [3.63, 3.8) is 0 Å². The average molecular weight is 297 g/mol. The molecule has 6 nitrogen and oxygen atoms in total. The number of halogens is 1. The normalized spacial score (nSPS) is 28.2. The first kappa shape index (κ1) is 16.2. The van der Waals surface area contributed by atoms with E-state index in [1.807, 2.05) is 0 Å². The second-order valence-electron chi connectivity index (χ2n) is 5.66. The third-order valence-electron chi connectivity index (χ3n) is 2.45. The predicted molar refractivity (Wildman–Crippen MR) is 67.0 cm³/mol. The summed E-state index contributed by atoms with van der Waals surface area (Å²) in [7, 11) is -3.62. The summed E-state index contributed by atoms with van der Waals surface area (Å²) in [6.07, 6.45) is -1.86. The number of ether oxygens (including phenoxy) is 1. The Kier molecular flexibility index (Phi) is 4.78. The molecule has 19 heavy (non-hydrogen) atoms. The van der Waals surface area contributed by atoms with Crippen LogP contribution in [0.5, 0.6) is 0 Å². The molecule has 1 rings (SSSR count). The lowest BCUT2D eigenvalue weighted by atomic mass is 10.2. The molecule has 0 radical (unpaired) electrons. The molecule has 8 heteroatoms. The van der Waals surface area contributed by atoms with Gasteiger partial charge in [-0.15, -0.1) is 0 Å². The molecule has 1 aliphatic carbocycles. The van der Waals surface area contributed by atoms with Crippen LogP contribution in [0.15, 0.2) is 0 Å². The molecule has 3 atom stereocenters. The number of hydrogen-bond acceptors (Lipinski definition) is 5. The molecule has 0 spiro atoms. The Morgan fingerprint density at radius 2 is 1.89 bits per heavy atom.